The number of halogens is 1. The van der Waals surface area contributed by atoms with Crippen molar-refractivity contribution < 1.29 is 13.6 Å². The Bertz CT molecular complexity index is 1740. The molecule has 37 heavy (non-hydrogen) atoms. The van der Waals surface area contributed by atoms with Gasteiger partial charge in [0.1, 0.15) is 11.2 Å². The topological polar surface area (TPSA) is 125 Å². The quantitative estimate of drug-likeness (QED) is 0.246. The number of rotatable bonds is 7. The number of anilines is 1. The molecule has 0 saturated carbocycles. The molecule has 0 radical (unpaired) electrons. The minimum absolute atomic E-state index is 0.0761. The molecule has 0 saturated heterocycles. The number of imidazole rings is 1. The molecule has 5 aromatic heterocycles. The second-order valence-electron chi connectivity index (χ2n) is 8.72. The van der Waals surface area contributed by atoms with Gasteiger partial charge in [-0.05, 0) is 42.3 Å². The molecule has 0 fully saturated rings. The first kappa shape index (κ1) is 22.6. The summed E-state index contributed by atoms with van der Waals surface area (Å²) < 4.78 is 20.4. The summed E-state index contributed by atoms with van der Waals surface area (Å²) in [6, 6.07) is 8.74. The van der Waals surface area contributed by atoms with Crippen molar-refractivity contribution in [3.63, 3.8) is 0 Å². The van der Waals surface area contributed by atoms with Gasteiger partial charge in [-0.3, -0.25) is 14.9 Å². The lowest BCUT2D eigenvalue weighted by Crippen LogP contribution is -2.11. The third kappa shape index (κ3) is 4.22. The van der Waals surface area contributed by atoms with Gasteiger partial charge in [-0.25, -0.2) is 14.4 Å². The van der Waals surface area contributed by atoms with Crippen LogP contribution in [0.2, 0.25) is 0 Å². The Morgan fingerprint density at radius 2 is 2.05 bits per heavy atom. The highest BCUT2D eigenvalue weighted by Crippen LogP contribution is 2.34. The van der Waals surface area contributed by atoms with Crippen molar-refractivity contribution in [3.05, 3.63) is 67.3 Å². The van der Waals surface area contributed by atoms with Crippen LogP contribution in [0.15, 0.2) is 65.9 Å². The van der Waals surface area contributed by atoms with Crippen LogP contribution >= 0.6 is 0 Å². The van der Waals surface area contributed by atoms with Gasteiger partial charge in [-0.15, -0.1) is 0 Å². The molecule has 0 aliphatic heterocycles. The Labute approximate surface area is 210 Å². The van der Waals surface area contributed by atoms with Crippen molar-refractivity contribution in [2.75, 3.05) is 5.32 Å². The minimum atomic E-state index is -0.485. The first-order chi connectivity index (χ1) is 18.1. The van der Waals surface area contributed by atoms with Crippen LogP contribution in [0.5, 0.6) is 0 Å². The first-order valence-electron chi connectivity index (χ1n) is 11.9. The molecule has 5 heterocycles. The zero-order valence-electron chi connectivity index (χ0n) is 19.9. The van der Waals surface area contributed by atoms with Gasteiger partial charge in [0.2, 0.25) is 5.91 Å². The molecule has 9 nitrogen and oxygen atoms in total. The average molecular weight is 496 g/mol. The Morgan fingerprint density at radius 1 is 1.14 bits per heavy atom. The number of hydrogen-bond donors (Lipinski definition) is 3. The van der Waals surface area contributed by atoms with E-state index in [0.29, 0.717) is 45.8 Å². The fraction of sp³-hybridized carbons (Fsp3) is 0.148. The van der Waals surface area contributed by atoms with Gasteiger partial charge in [0.15, 0.2) is 17.3 Å². The van der Waals surface area contributed by atoms with Crippen LogP contribution in [0.3, 0.4) is 0 Å². The summed E-state index contributed by atoms with van der Waals surface area (Å²) >= 11 is 0. The van der Waals surface area contributed by atoms with Crippen LogP contribution in [0.4, 0.5) is 10.1 Å². The highest BCUT2D eigenvalue weighted by molar-refractivity contribution is 5.98. The van der Waals surface area contributed by atoms with Crippen LogP contribution in [0.1, 0.15) is 26.2 Å². The zero-order valence-corrected chi connectivity index (χ0v) is 19.9. The van der Waals surface area contributed by atoms with E-state index in [1.165, 1.54) is 6.07 Å². The fourth-order valence-corrected chi connectivity index (χ4v) is 4.34. The smallest absolute Gasteiger partial charge is 0.224 e. The van der Waals surface area contributed by atoms with E-state index in [0.717, 1.165) is 29.5 Å². The summed E-state index contributed by atoms with van der Waals surface area (Å²) in [4.78, 5) is 28.7. The molecule has 1 aromatic carbocycles. The molecule has 6 aromatic rings. The number of H-pyrrole nitrogens is 2. The molecule has 0 atom stereocenters. The lowest BCUT2D eigenvalue weighted by atomic mass is 10.0. The van der Waals surface area contributed by atoms with Gasteiger partial charge in [0.05, 0.1) is 29.9 Å². The molecule has 0 aliphatic rings. The van der Waals surface area contributed by atoms with E-state index in [-0.39, 0.29) is 11.4 Å². The summed E-state index contributed by atoms with van der Waals surface area (Å²) in [7, 11) is 0. The van der Waals surface area contributed by atoms with Gasteiger partial charge < -0.3 is 14.7 Å². The third-order valence-corrected chi connectivity index (χ3v) is 6.19. The number of unbranched alkanes of at least 4 members (excludes halogenated alkanes) is 1. The van der Waals surface area contributed by atoms with Crippen LogP contribution in [0.25, 0.3) is 55.8 Å². The maximum absolute atomic E-state index is 15.1. The maximum atomic E-state index is 15.1. The first-order valence-corrected chi connectivity index (χ1v) is 11.9. The number of pyridine rings is 2. The lowest BCUT2D eigenvalue weighted by molar-refractivity contribution is -0.116. The number of nitrogens with zero attached hydrogens (tertiary/aromatic N) is 4. The van der Waals surface area contributed by atoms with Crippen molar-refractivity contribution in [1.82, 2.24) is 30.1 Å². The average Bonchev–Trinajstić information content (AvgIpc) is 3.67. The molecule has 10 heteroatoms. The van der Waals surface area contributed by atoms with Gasteiger partial charge in [0.25, 0.3) is 0 Å². The zero-order chi connectivity index (χ0) is 25.4. The van der Waals surface area contributed by atoms with E-state index in [1.54, 1.807) is 37.2 Å². The second kappa shape index (κ2) is 9.30. The molecule has 0 aliphatic carbocycles. The molecule has 184 valence electrons. The summed E-state index contributed by atoms with van der Waals surface area (Å²) in [5, 5.41) is 10.5. The Hall–Kier alpha value is -4.86. The number of amides is 1. The predicted molar refractivity (Wildman–Crippen MR) is 138 cm³/mol. The number of aromatic nitrogens is 6. The number of benzene rings is 1. The number of aromatic amines is 2. The molecule has 0 bridgehead atoms. The SMILES string of the molecule is CCCCC(=O)Nc1cncc(-c2cc(F)c3n[nH]c(-c4nc5nccc(-c6ccoc6)c5[nH]4)c3c2)c1. The van der Waals surface area contributed by atoms with E-state index >= 15 is 4.39 Å². The van der Waals surface area contributed by atoms with Gasteiger partial charge in [0, 0.05) is 40.9 Å². The van der Waals surface area contributed by atoms with Gasteiger partial charge in [-0.1, -0.05) is 13.3 Å². The van der Waals surface area contributed by atoms with Crippen LogP contribution in [-0.2, 0) is 4.79 Å². The van der Waals surface area contributed by atoms with Crippen molar-refractivity contribution in [3.8, 4) is 33.8 Å². The summed E-state index contributed by atoms with van der Waals surface area (Å²) in [6.45, 7) is 2.03. The van der Waals surface area contributed by atoms with Crippen LogP contribution < -0.4 is 5.32 Å². The van der Waals surface area contributed by atoms with E-state index < -0.39 is 5.82 Å². The third-order valence-electron chi connectivity index (χ3n) is 6.19. The number of hydrogen-bond acceptors (Lipinski definition) is 6. The van der Waals surface area contributed by atoms with Crippen LogP contribution in [0, 0.1) is 5.82 Å². The Kier molecular flexibility index (Phi) is 5.68. The van der Waals surface area contributed by atoms with Crippen molar-refractivity contribution in [2.24, 2.45) is 0 Å². The van der Waals surface area contributed by atoms with E-state index in [9.17, 15) is 4.79 Å². The van der Waals surface area contributed by atoms with Crippen molar-refractivity contribution in [1.29, 1.82) is 0 Å². The van der Waals surface area contributed by atoms with E-state index in [1.807, 2.05) is 25.1 Å². The predicted octanol–water partition coefficient (Wildman–Crippen LogP) is 6.09. The number of nitrogens with one attached hydrogen (secondary N) is 3. The minimum Gasteiger partial charge on any atom is -0.472 e. The van der Waals surface area contributed by atoms with Gasteiger partial charge in [-0.2, -0.15) is 5.10 Å². The summed E-state index contributed by atoms with van der Waals surface area (Å²) in [6.07, 6.45) is 10.3. The second-order valence-corrected chi connectivity index (χ2v) is 8.72. The maximum Gasteiger partial charge on any atom is 0.224 e. The molecule has 3 N–H and O–H groups in total. The number of fused-ring (bicyclic) bond motifs is 2. The van der Waals surface area contributed by atoms with Gasteiger partial charge >= 0.3 is 0 Å². The number of furan rings is 1. The molecular weight excluding hydrogens is 473 g/mol. The normalized spacial score (nSPS) is 11.4. The molecule has 0 unspecified atom stereocenters. The summed E-state index contributed by atoms with van der Waals surface area (Å²) in [5.74, 6) is -0.0823. The molecule has 6 rings (SSSR count). The van der Waals surface area contributed by atoms with Crippen molar-refractivity contribution in [2.45, 2.75) is 26.2 Å². The van der Waals surface area contributed by atoms with Crippen LogP contribution in [-0.4, -0.2) is 36.0 Å². The lowest BCUT2D eigenvalue weighted by Gasteiger charge is -2.08. The molecule has 1 amide bonds. The van der Waals surface area contributed by atoms with Crippen molar-refractivity contribution >= 4 is 33.7 Å². The number of carbonyl (C=O) groups excluding carboxylic acids is 1. The molecule has 0 spiro atoms. The highest BCUT2D eigenvalue weighted by atomic mass is 19.1. The van der Waals surface area contributed by atoms with E-state index in [2.05, 4.69) is 35.5 Å². The number of carbonyl (C=O) groups is 1. The Morgan fingerprint density at radius 3 is 2.89 bits per heavy atom. The largest absolute Gasteiger partial charge is 0.472 e. The highest BCUT2D eigenvalue weighted by Gasteiger charge is 2.18. The monoisotopic (exact) mass is 495 g/mol. The Balaban J connectivity index is 1.40. The summed E-state index contributed by atoms with van der Waals surface area (Å²) in [5.41, 5.74) is 5.56. The molecular formula is C27H22FN7O2. The fourth-order valence-electron chi connectivity index (χ4n) is 4.34. The standard InChI is InChI=1S/C27H22FN7O2/c1-2-3-4-22(36)31-18-9-17(12-29-13-18)16-10-20-23(21(28)11-16)34-35-25(20)27-32-24-19(15-6-8-37-14-15)5-7-30-26(24)33-27/h5-14H,2-4H2,1H3,(H,31,36)(H,34,35)(H,30,32,33). The van der Waals surface area contributed by atoms with E-state index in [4.69, 9.17) is 4.42 Å².